The quantitative estimate of drug-likeness (QED) is 0.0318. The second-order valence-corrected chi connectivity index (χ2v) is 18.6. The molecule has 0 aromatic heterocycles. The molecule has 0 spiro atoms. The van der Waals surface area contributed by atoms with E-state index in [2.05, 4.69) is 10.6 Å². The van der Waals surface area contributed by atoms with E-state index in [1.54, 1.807) is 0 Å². The highest BCUT2D eigenvalue weighted by molar-refractivity contribution is 5.77. The number of aliphatic hydroxyl groups excluding tert-OH is 1. The summed E-state index contributed by atoms with van der Waals surface area (Å²) in [5.41, 5.74) is 0. The van der Waals surface area contributed by atoms with Crippen LogP contribution in [0, 0.1) is 0 Å². The number of hydrogen-bond donors (Lipinski definition) is 5. The minimum absolute atomic E-state index is 0.0168. The fraction of sp³-hybridized carbons (Fsp3) is 0.949. The second-order valence-electron chi connectivity index (χ2n) is 18.6. The van der Waals surface area contributed by atoms with Gasteiger partial charge in [0.1, 0.15) is 20.0 Å². The normalized spacial score (nSPS) is 11.6. The molecule has 0 aromatic rings. The molecule has 0 fully saturated rings. The molecule has 554 valence electrons. The Hall–Kier alpha value is -2.71. The first-order valence-corrected chi connectivity index (χ1v) is 32.0. The van der Waals surface area contributed by atoms with Crippen molar-refractivity contribution in [2.45, 2.75) is 19.1 Å². The van der Waals surface area contributed by atoms with Gasteiger partial charge in [-0.1, -0.05) is 0 Å². The Balaban J connectivity index is 3.20. The Morgan fingerprint density at radius 2 is 0.387 bits per heavy atom. The Morgan fingerprint density at radius 1 is 0.226 bits per heavy atom. The van der Waals surface area contributed by atoms with Crippen LogP contribution in [0.3, 0.4) is 0 Å². The van der Waals surface area contributed by atoms with Crippen molar-refractivity contribution in [3.8, 4) is 0 Å². The van der Waals surface area contributed by atoms with E-state index in [0.717, 1.165) is 0 Å². The number of carboxylic acids is 1. The van der Waals surface area contributed by atoms with E-state index in [4.69, 9.17) is 138 Å². The number of aliphatic carboxylic acids is 1. The smallest absolute Gasteiger partial charge is 0.305 e. The summed E-state index contributed by atoms with van der Waals surface area (Å²) in [5, 5.41) is 31.3. The van der Waals surface area contributed by atoms with Crippen LogP contribution in [-0.4, -0.2) is 390 Å². The van der Waals surface area contributed by atoms with Crippen molar-refractivity contribution in [3.05, 3.63) is 0 Å². The van der Waals surface area contributed by atoms with Crippen LogP contribution >= 0.6 is 0 Å². The molecule has 0 heterocycles. The average Bonchev–Trinajstić information content (AvgIpc) is 3.55. The lowest BCUT2D eigenvalue weighted by Gasteiger charge is -2.09. The highest BCUT2D eigenvalue weighted by Crippen LogP contribution is 1.93. The van der Waals surface area contributed by atoms with Crippen LogP contribution in [0.5, 0.6) is 0 Å². The third-order valence-electron chi connectivity index (χ3n) is 10.9. The van der Waals surface area contributed by atoms with Crippen LogP contribution < -0.4 is 10.6 Å². The zero-order chi connectivity index (χ0) is 67.0. The fourth-order valence-electron chi connectivity index (χ4n) is 6.35. The van der Waals surface area contributed by atoms with Crippen molar-refractivity contribution >= 4 is 17.8 Å². The van der Waals surface area contributed by atoms with Crippen molar-refractivity contribution in [2.75, 3.05) is 350 Å². The molecule has 0 unspecified atom stereocenters. The monoisotopic (exact) mass is 1360 g/mol. The van der Waals surface area contributed by atoms with Gasteiger partial charge in [0.2, 0.25) is 11.8 Å². The molecule has 0 rings (SSSR count). The van der Waals surface area contributed by atoms with Crippen molar-refractivity contribution in [1.82, 2.24) is 10.6 Å². The maximum Gasteiger partial charge on any atom is 0.305 e. The molecule has 5 N–H and O–H groups in total. The van der Waals surface area contributed by atoms with Gasteiger partial charge in [-0.15, -0.1) is 0 Å². The van der Waals surface area contributed by atoms with E-state index in [1.165, 1.54) is 0 Å². The van der Waals surface area contributed by atoms with Gasteiger partial charge >= 0.3 is 5.97 Å². The largest absolute Gasteiger partial charge is 0.481 e. The number of ether oxygens (including phenoxy) is 26. The Morgan fingerprint density at radius 3 is 0.559 bits per heavy atom. The summed E-state index contributed by atoms with van der Waals surface area (Å²) in [6.45, 7) is 20.2. The molecule has 34 nitrogen and oxygen atoms in total. The lowest BCUT2D eigenvalue weighted by Crippen LogP contribution is -2.32. The van der Waals surface area contributed by atoms with Crippen LogP contribution in [0.2, 0.25) is 0 Å². The Bertz CT molecular complexity index is 1480. The lowest BCUT2D eigenvalue weighted by atomic mass is 10.4. The van der Waals surface area contributed by atoms with Crippen LogP contribution in [0.25, 0.3) is 0 Å². The van der Waals surface area contributed by atoms with Gasteiger partial charge in [0.15, 0.2) is 6.29 Å². The van der Waals surface area contributed by atoms with Crippen LogP contribution in [0.15, 0.2) is 0 Å². The fourth-order valence-corrected chi connectivity index (χ4v) is 6.35. The number of carbonyl (C=O) groups is 3. The molecule has 0 radical (unpaired) electrons. The molecule has 0 aliphatic rings. The molecule has 0 saturated carbocycles. The molecule has 0 aliphatic heterocycles. The third kappa shape index (κ3) is 85.3. The zero-order valence-electron chi connectivity index (χ0n) is 55.1. The van der Waals surface area contributed by atoms with Crippen molar-refractivity contribution < 1.29 is 153 Å². The minimum atomic E-state index is -1.35. The van der Waals surface area contributed by atoms with Crippen LogP contribution in [0.1, 0.15) is 12.8 Å². The molecule has 0 saturated heterocycles. The number of hydrogen-bond acceptors (Lipinski definition) is 31. The van der Waals surface area contributed by atoms with Crippen molar-refractivity contribution in [1.29, 1.82) is 0 Å². The lowest BCUT2D eigenvalue weighted by molar-refractivity contribution is -0.139. The van der Waals surface area contributed by atoms with Gasteiger partial charge < -0.3 is 149 Å². The summed E-state index contributed by atoms with van der Waals surface area (Å²) in [4.78, 5) is 34.3. The van der Waals surface area contributed by atoms with Gasteiger partial charge in [0.05, 0.1) is 324 Å². The number of aliphatic hydroxyl groups is 2. The summed E-state index contributed by atoms with van der Waals surface area (Å²) in [6, 6.07) is 0. The van der Waals surface area contributed by atoms with Crippen molar-refractivity contribution in [2.24, 2.45) is 0 Å². The average molecular weight is 1370 g/mol. The first kappa shape index (κ1) is 90.3. The van der Waals surface area contributed by atoms with E-state index >= 15 is 0 Å². The number of amides is 2. The molecule has 0 atom stereocenters. The molecule has 0 aromatic carbocycles. The van der Waals surface area contributed by atoms with Gasteiger partial charge in [-0.3, -0.25) is 14.4 Å². The predicted molar refractivity (Wildman–Crippen MR) is 328 cm³/mol. The summed E-state index contributed by atoms with van der Waals surface area (Å²) >= 11 is 0. The maximum absolute atomic E-state index is 12.0. The van der Waals surface area contributed by atoms with Gasteiger partial charge in [-0.2, -0.15) is 0 Å². The Kier molecular flexibility index (Phi) is 79.3. The molecular weight excluding hydrogens is 1250 g/mol. The second kappa shape index (κ2) is 81.7. The van der Waals surface area contributed by atoms with E-state index < -0.39 is 12.3 Å². The highest BCUT2D eigenvalue weighted by atomic mass is 16.7. The van der Waals surface area contributed by atoms with Crippen LogP contribution in [-0.2, 0) is 138 Å². The highest BCUT2D eigenvalue weighted by Gasteiger charge is 2.06. The van der Waals surface area contributed by atoms with E-state index in [1.807, 2.05) is 0 Å². The first-order chi connectivity index (χ1) is 45.9. The summed E-state index contributed by atoms with van der Waals surface area (Å²) in [5.74, 6) is -1.57. The van der Waals surface area contributed by atoms with E-state index in [9.17, 15) is 14.4 Å². The standard InChI is InChI=1S/C59H116N2O32/c62-56(60-3-7-70-11-15-74-19-23-78-27-31-82-35-39-86-43-47-90-51-49-88-45-41-84-37-33-80-29-25-76-21-17-72-13-9-68-5-1-58(64)65)53-92-55-93-54-57(63)61-4-8-71-12-16-75-20-24-79-28-32-83-36-40-87-44-48-91-52-50-89-46-42-85-38-34-81-30-26-77-22-18-73-14-10-69-6-2-59(66)67/h58,64-65H,1-55H2,(H,60,62)(H,61,63)(H,66,67). The SMILES string of the molecule is O=C(O)CCOCCOCCOCCOCCOCCOCCOCCOCCOCCOCCOCCOCCNC(=O)COCOCC(=O)NCCOCCOCCOCCOCCOCCOCCOCCOCCOCCOCCOCCOCCC(O)O. The number of nitrogens with one attached hydrogen (secondary N) is 2. The number of carboxylic acid groups (broad SMARTS) is 1. The van der Waals surface area contributed by atoms with Crippen molar-refractivity contribution in [3.63, 3.8) is 0 Å². The molecule has 34 heteroatoms. The predicted octanol–water partition coefficient (Wildman–Crippen LogP) is -2.22. The summed E-state index contributed by atoms with van der Waals surface area (Å²) in [7, 11) is 0. The first-order valence-electron chi connectivity index (χ1n) is 32.0. The molecule has 0 bridgehead atoms. The van der Waals surface area contributed by atoms with E-state index in [0.29, 0.717) is 317 Å². The Labute approximate surface area is 549 Å². The molecular formula is C59H116N2O32. The zero-order valence-corrected chi connectivity index (χ0v) is 55.1. The number of rotatable bonds is 84. The molecule has 2 amide bonds. The van der Waals surface area contributed by atoms with Gasteiger partial charge in [-0.05, 0) is 0 Å². The van der Waals surface area contributed by atoms with Gasteiger partial charge in [0.25, 0.3) is 0 Å². The summed E-state index contributed by atoms with van der Waals surface area (Å²) < 4.78 is 141. The minimum Gasteiger partial charge on any atom is -0.481 e. The van der Waals surface area contributed by atoms with E-state index in [-0.39, 0.29) is 57.9 Å². The van der Waals surface area contributed by atoms with Gasteiger partial charge in [0, 0.05) is 19.5 Å². The molecule has 0 aliphatic carbocycles. The topological polar surface area (TPSA) is 376 Å². The number of carbonyl (C=O) groups excluding carboxylic acids is 2. The third-order valence-corrected chi connectivity index (χ3v) is 10.9. The summed E-state index contributed by atoms with van der Waals surface area (Å²) in [6.07, 6.45) is -1.19. The van der Waals surface area contributed by atoms with Gasteiger partial charge in [-0.25, -0.2) is 0 Å². The molecule has 93 heavy (non-hydrogen) atoms. The van der Waals surface area contributed by atoms with Crippen LogP contribution in [0.4, 0.5) is 0 Å². The maximum atomic E-state index is 12.0.